The van der Waals surface area contributed by atoms with Crippen LogP contribution in [0.25, 0.3) is 133 Å². The zero-order chi connectivity index (χ0) is 44.5. The van der Waals surface area contributed by atoms with Gasteiger partial charge in [0, 0.05) is 49.1 Å². The van der Waals surface area contributed by atoms with Crippen LogP contribution in [0.2, 0.25) is 0 Å². The lowest BCUT2D eigenvalue weighted by Crippen LogP contribution is -2.06. The summed E-state index contributed by atoms with van der Waals surface area (Å²) in [6, 6.07) is 83.3. The third-order valence-corrected chi connectivity index (χ3v) is 14.1. The van der Waals surface area contributed by atoms with Gasteiger partial charge in [0.1, 0.15) is 5.65 Å². The van der Waals surface area contributed by atoms with E-state index in [-0.39, 0.29) is 0 Å². The molecule has 15 rings (SSSR count). The molecule has 316 valence electrons. The van der Waals surface area contributed by atoms with Gasteiger partial charge >= 0.3 is 0 Å². The van der Waals surface area contributed by atoms with Gasteiger partial charge in [0.2, 0.25) is 5.95 Å². The maximum Gasteiger partial charge on any atom is 0.221 e. The van der Waals surface area contributed by atoms with Crippen molar-refractivity contribution in [1.82, 2.24) is 28.1 Å². The number of benzene rings is 10. The molecule has 0 aliphatic carbocycles. The molecular formula is C62H38N6. The SMILES string of the molecule is c1ccc(-n2c3ccccc3c3cc(-c4ccc5c6ccc(-c7ccc8c(c7)c7ccccc7n8-c7ccccc7)cc6n(-c6nc7ccccc7c7nc8ccccc8n67)c5c4)ccc32)cc1. The molecule has 0 spiro atoms. The molecule has 0 saturated heterocycles. The summed E-state index contributed by atoms with van der Waals surface area (Å²) in [6.45, 7) is 0. The summed E-state index contributed by atoms with van der Waals surface area (Å²) in [4.78, 5) is 10.8. The monoisotopic (exact) mass is 866 g/mol. The lowest BCUT2D eigenvalue weighted by molar-refractivity contribution is 0.979. The number of fused-ring (bicyclic) bond motifs is 14. The summed E-state index contributed by atoms with van der Waals surface area (Å²) in [6.07, 6.45) is 0. The molecule has 6 nitrogen and oxygen atoms in total. The first-order valence-electron chi connectivity index (χ1n) is 23.2. The standard InChI is InChI=1S/C62H38N6/c1-3-15-43(16-4-1)65-54-24-12-8-19-45(54)50-35-39(29-33-56(50)65)41-27-31-47-48-32-28-42(40-30-34-57-51(36-40)46-20-9-13-25-55(46)66(57)44-17-5-2-6-18-44)38-60(48)67(59(47)37-41)62-64-52-22-10-7-21-49(52)61-63-53-23-11-14-26-58(53)68(61)62/h1-38H. The Kier molecular flexibility index (Phi) is 7.69. The number of nitrogens with zero attached hydrogens (tertiary/aromatic N) is 6. The summed E-state index contributed by atoms with van der Waals surface area (Å²) in [5, 5.41) is 8.23. The lowest BCUT2D eigenvalue weighted by Gasteiger charge is -2.13. The molecule has 0 unspecified atom stereocenters. The second-order valence-corrected chi connectivity index (χ2v) is 17.8. The van der Waals surface area contributed by atoms with Gasteiger partial charge in [-0.25, -0.2) is 9.97 Å². The first-order valence-corrected chi connectivity index (χ1v) is 23.2. The Morgan fingerprint density at radius 2 is 0.662 bits per heavy atom. The Balaban J connectivity index is 0.996. The predicted octanol–water partition coefficient (Wildman–Crippen LogP) is 15.7. The molecule has 10 aromatic carbocycles. The number of rotatable bonds is 5. The number of hydrogen-bond donors (Lipinski definition) is 0. The predicted molar refractivity (Wildman–Crippen MR) is 282 cm³/mol. The molecule has 0 bridgehead atoms. The highest BCUT2D eigenvalue weighted by Gasteiger charge is 2.22. The second kappa shape index (κ2) is 14.1. The van der Waals surface area contributed by atoms with Crippen molar-refractivity contribution in [2.24, 2.45) is 0 Å². The van der Waals surface area contributed by atoms with Crippen LogP contribution in [-0.2, 0) is 0 Å². The van der Waals surface area contributed by atoms with Gasteiger partial charge < -0.3 is 9.13 Å². The number of aromatic nitrogens is 6. The zero-order valence-corrected chi connectivity index (χ0v) is 36.6. The third kappa shape index (κ3) is 5.28. The highest BCUT2D eigenvalue weighted by Crippen LogP contribution is 2.41. The van der Waals surface area contributed by atoms with E-state index in [1.54, 1.807) is 0 Å². The topological polar surface area (TPSA) is 45.0 Å². The van der Waals surface area contributed by atoms with Crippen LogP contribution in [0.5, 0.6) is 0 Å². The van der Waals surface area contributed by atoms with Crippen LogP contribution in [0.4, 0.5) is 0 Å². The van der Waals surface area contributed by atoms with E-state index in [1.165, 1.54) is 43.6 Å². The minimum absolute atomic E-state index is 0.796. The van der Waals surface area contributed by atoms with E-state index < -0.39 is 0 Å². The van der Waals surface area contributed by atoms with Crippen molar-refractivity contribution in [1.29, 1.82) is 0 Å². The van der Waals surface area contributed by atoms with Crippen molar-refractivity contribution in [3.8, 4) is 39.6 Å². The van der Waals surface area contributed by atoms with E-state index in [4.69, 9.17) is 9.97 Å². The van der Waals surface area contributed by atoms with Gasteiger partial charge in [0.25, 0.3) is 0 Å². The minimum atomic E-state index is 0.796. The van der Waals surface area contributed by atoms with E-state index in [0.717, 1.165) is 89.0 Å². The molecule has 0 saturated carbocycles. The van der Waals surface area contributed by atoms with Gasteiger partial charge in [-0.05, 0) is 119 Å². The molecular weight excluding hydrogens is 829 g/mol. The molecule has 0 atom stereocenters. The first kappa shape index (κ1) is 37.0. The maximum atomic E-state index is 5.57. The summed E-state index contributed by atoms with van der Waals surface area (Å²) in [7, 11) is 0. The normalized spacial score (nSPS) is 12.1. The highest BCUT2D eigenvalue weighted by atomic mass is 15.2. The van der Waals surface area contributed by atoms with Gasteiger partial charge in [-0.1, -0.05) is 133 Å². The molecule has 0 amide bonds. The number of hydrogen-bond acceptors (Lipinski definition) is 2. The van der Waals surface area contributed by atoms with E-state index >= 15 is 0 Å². The third-order valence-electron chi connectivity index (χ3n) is 14.1. The molecule has 0 radical (unpaired) electrons. The van der Waals surface area contributed by atoms with E-state index in [2.05, 4.69) is 249 Å². The fraction of sp³-hybridized carbons (Fsp3) is 0. The summed E-state index contributed by atoms with van der Waals surface area (Å²) in [5.74, 6) is 0.796. The molecule has 0 N–H and O–H groups in total. The fourth-order valence-corrected chi connectivity index (χ4v) is 11.1. The minimum Gasteiger partial charge on any atom is -0.309 e. The summed E-state index contributed by atoms with van der Waals surface area (Å²) >= 11 is 0. The van der Waals surface area contributed by atoms with E-state index in [9.17, 15) is 0 Å². The molecule has 0 aliphatic rings. The molecule has 68 heavy (non-hydrogen) atoms. The Labute approximate surface area is 389 Å². The average Bonchev–Trinajstić information content (AvgIpc) is 4.15. The van der Waals surface area contributed by atoms with Gasteiger partial charge in [0.05, 0.1) is 49.7 Å². The molecule has 15 aromatic rings. The van der Waals surface area contributed by atoms with Crippen LogP contribution in [0, 0.1) is 0 Å². The Hall–Kier alpha value is -9.26. The van der Waals surface area contributed by atoms with Crippen LogP contribution in [0.1, 0.15) is 0 Å². The Morgan fingerprint density at radius 3 is 1.22 bits per heavy atom. The van der Waals surface area contributed by atoms with Gasteiger partial charge in [-0.3, -0.25) is 8.97 Å². The molecule has 6 heteroatoms. The van der Waals surface area contributed by atoms with Crippen LogP contribution in [0.15, 0.2) is 231 Å². The highest BCUT2D eigenvalue weighted by molar-refractivity contribution is 6.14. The number of para-hydroxylation sites is 7. The fourth-order valence-electron chi connectivity index (χ4n) is 11.1. The molecule has 5 heterocycles. The molecule has 0 fully saturated rings. The van der Waals surface area contributed by atoms with Crippen LogP contribution < -0.4 is 0 Å². The van der Waals surface area contributed by atoms with Crippen LogP contribution >= 0.6 is 0 Å². The Bertz CT molecular complexity index is 4340. The zero-order valence-electron chi connectivity index (χ0n) is 36.6. The summed E-state index contributed by atoms with van der Waals surface area (Å²) < 4.78 is 9.38. The van der Waals surface area contributed by atoms with Crippen molar-refractivity contribution < 1.29 is 0 Å². The van der Waals surface area contributed by atoms with Crippen LogP contribution in [0.3, 0.4) is 0 Å². The molecule has 0 aliphatic heterocycles. The van der Waals surface area contributed by atoms with Gasteiger partial charge in [-0.2, -0.15) is 0 Å². The van der Waals surface area contributed by atoms with E-state index in [0.29, 0.717) is 0 Å². The lowest BCUT2D eigenvalue weighted by atomic mass is 10.00. The Morgan fingerprint density at radius 1 is 0.250 bits per heavy atom. The molecule has 5 aromatic heterocycles. The maximum absolute atomic E-state index is 5.57. The smallest absolute Gasteiger partial charge is 0.221 e. The second-order valence-electron chi connectivity index (χ2n) is 17.8. The quantitative estimate of drug-likeness (QED) is 0.173. The number of imidazole rings is 1. The first-order chi connectivity index (χ1) is 33.7. The van der Waals surface area contributed by atoms with Crippen molar-refractivity contribution >= 4 is 93.0 Å². The van der Waals surface area contributed by atoms with Gasteiger partial charge in [0.15, 0.2) is 0 Å². The van der Waals surface area contributed by atoms with Crippen molar-refractivity contribution in [3.05, 3.63) is 231 Å². The average molecular weight is 867 g/mol. The summed E-state index contributed by atoms with van der Waals surface area (Å²) in [5.41, 5.74) is 17.5. The largest absolute Gasteiger partial charge is 0.309 e. The van der Waals surface area contributed by atoms with Crippen molar-refractivity contribution in [3.63, 3.8) is 0 Å². The van der Waals surface area contributed by atoms with Crippen molar-refractivity contribution in [2.75, 3.05) is 0 Å². The van der Waals surface area contributed by atoms with Crippen molar-refractivity contribution in [2.45, 2.75) is 0 Å². The van der Waals surface area contributed by atoms with E-state index in [1.807, 2.05) is 0 Å². The van der Waals surface area contributed by atoms with Gasteiger partial charge in [-0.15, -0.1) is 0 Å². The van der Waals surface area contributed by atoms with Crippen LogP contribution in [-0.4, -0.2) is 28.1 Å².